The van der Waals surface area contributed by atoms with E-state index in [9.17, 15) is 13.2 Å². The van der Waals surface area contributed by atoms with Gasteiger partial charge in [0.05, 0.1) is 11.6 Å². The van der Waals surface area contributed by atoms with Gasteiger partial charge in [-0.3, -0.25) is 4.39 Å². The summed E-state index contributed by atoms with van der Waals surface area (Å²) < 4.78 is 39.5. The van der Waals surface area contributed by atoms with Crippen molar-refractivity contribution >= 4 is 0 Å². The van der Waals surface area contributed by atoms with Gasteiger partial charge < -0.3 is 15.2 Å². The van der Waals surface area contributed by atoms with E-state index in [-0.39, 0.29) is 31.8 Å². The molecule has 1 aromatic heterocycles. The predicted octanol–water partition coefficient (Wildman–Crippen LogP) is 6.83. The van der Waals surface area contributed by atoms with Gasteiger partial charge in [-0.15, -0.1) is 17.7 Å². The Kier molecular flexibility index (Phi) is 7.69. The molecule has 3 aromatic carbocycles. The maximum absolute atomic E-state index is 13.3. The summed E-state index contributed by atoms with van der Waals surface area (Å²) >= 11 is 0. The molecule has 3 heterocycles. The van der Waals surface area contributed by atoms with Gasteiger partial charge in [0.15, 0.2) is 0 Å². The van der Waals surface area contributed by atoms with E-state index in [4.69, 9.17) is 0 Å². The van der Waals surface area contributed by atoms with Gasteiger partial charge in [-0.1, -0.05) is 42.8 Å². The minimum absolute atomic E-state index is 0. The van der Waals surface area contributed by atoms with Gasteiger partial charge in [-0.05, 0) is 35.3 Å². The third-order valence-corrected chi connectivity index (χ3v) is 5.74. The van der Waals surface area contributed by atoms with Crippen LogP contribution in [0.4, 0.5) is 13.2 Å². The molecule has 0 saturated carbocycles. The molecular weight excluding hydrogens is 628 g/mol. The van der Waals surface area contributed by atoms with Crippen LogP contribution in [0.15, 0.2) is 85.3 Å². The van der Waals surface area contributed by atoms with Gasteiger partial charge in [0.2, 0.25) is 0 Å². The summed E-state index contributed by atoms with van der Waals surface area (Å²) in [7, 11) is 0. The standard InChI is InChI=1S/C17H9F3N.C11H10N2.Ir/c18-14-8-13(9-15(19)17(14)20)16-10-12(6-7-21-16)11-4-2-1-3-5-11;1-2-4-10-9(3-1)5-7-13-8-6-12-11(10)13;/h1-8,10H;1-3,6,8,11H,5,7H2;/q-1;-2;+3. The third-order valence-electron chi connectivity index (χ3n) is 5.74. The Labute approximate surface area is 215 Å². The van der Waals surface area contributed by atoms with Crippen molar-refractivity contribution in [2.75, 3.05) is 6.54 Å². The van der Waals surface area contributed by atoms with E-state index >= 15 is 0 Å². The fourth-order valence-electron chi connectivity index (χ4n) is 4.03. The second-order valence-corrected chi connectivity index (χ2v) is 7.87. The summed E-state index contributed by atoms with van der Waals surface area (Å²) in [5, 5.41) is 4.41. The van der Waals surface area contributed by atoms with E-state index < -0.39 is 17.5 Å². The van der Waals surface area contributed by atoms with E-state index in [1.165, 1.54) is 17.3 Å². The first kappa shape index (κ1) is 24.7. The molecule has 176 valence electrons. The molecule has 2 aliphatic rings. The van der Waals surface area contributed by atoms with Crippen molar-refractivity contribution in [2.24, 2.45) is 0 Å². The van der Waals surface area contributed by atoms with Gasteiger partial charge >= 0.3 is 20.1 Å². The van der Waals surface area contributed by atoms with Crippen molar-refractivity contribution in [2.45, 2.75) is 12.6 Å². The van der Waals surface area contributed by atoms with E-state index in [1.54, 1.807) is 12.1 Å². The van der Waals surface area contributed by atoms with Gasteiger partial charge in [-0.2, -0.15) is 41.6 Å². The summed E-state index contributed by atoms with van der Waals surface area (Å²) in [5.74, 6) is -4.14. The predicted molar refractivity (Wildman–Crippen MR) is 125 cm³/mol. The first-order valence-electron chi connectivity index (χ1n) is 10.8. The molecule has 0 N–H and O–H groups in total. The zero-order valence-corrected chi connectivity index (χ0v) is 20.8. The molecule has 0 saturated heterocycles. The summed E-state index contributed by atoms with van der Waals surface area (Å²) in [6.07, 6.45) is 6.81. The molecule has 4 aromatic rings. The molecule has 6 rings (SSSR count). The van der Waals surface area contributed by atoms with Crippen LogP contribution in [-0.4, -0.2) is 16.4 Å². The Hall–Kier alpha value is -3.41. The van der Waals surface area contributed by atoms with E-state index in [2.05, 4.69) is 45.7 Å². The van der Waals surface area contributed by atoms with Gasteiger partial charge in [0.1, 0.15) is 5.82 Å². The molecule has 0 spiro atoms. The van der Waals surface area contributed by atoms with Crippen LogP contribution in [0.2, 0.25) is 0 Å². The molecule has 1 atom stereocenters. The van der Waals surface area contributed by atoms with Crippen molar-refractivity contribution in [3.8, 4) is 22.4 Å². The Morgan fingerprint density at radius 3 is 2.60 bits per heavy atom. The number of benzene rings is 3. The molecule has 35 heavy (non-hydrogen) atoms. The van der Waals surface area contributed by atoms with Crippen LogP contribution < -0.4 is 0 Å². The summed E-state index contributed by atoms with van der Waals surface area (Å²) in [6, 6.07) is 25.5. The van der Waals surface area contributed by atoms with E-state index in [0.29, 0.717) is 5.69 Å². The second kappa shape index (κ2) is 10.9. The number of halogens is 3. The largest absolute Gasteiger partial charge is 3.00 e. The summed E-state index contributed by atoms with van der Waals surface area (Å²) in [6.45, 7) is 1.08. The monoisotopic (exact) mass is 647 g/mol. The molecular formula is C28H19F3IrN3. The molecule has 0 aliphatic carbocycles. The first-order chi connectivity index (χ1) is 16.6. The van der Waals surface area contributed by atoms with Crippen LogP contribution in [0.25, 0.3) is 27.7 Å². The summed E-state index contributed by atoms with van der Waals surface area (Å²) in [5.41, 5.74) is 4.84. The molecule has 0 fully saturated rings. The van der Waals surface area contributed by atoms with Crippen molar-refractivity contribution in [3.05, 3.63) is 131 Å². The van der Waals surface area contributed by atoms with Crippen LogP contribution in [-0.2, 0) is 26.5 Å². The molecule has 7 heteroatoms. The fraction of sp³-hybridized carbons (Fsp3) is 0.107. The maximum Gasteiger partial charge on any atom is 3.00 e. The average Bonchev–Trinajstić information content (AvgIpc) is 3.38. The molecule has 0 amide bonds. The molecule has 0 radical (unpaired) electrons. The minimum atomic E-state index is -1.53. The smallest absolute Gasteiger partial charge is 0.668 e. The van der Waals surface area contributed by atoms with Crippen LogP contribution in [0.3, 0.4) is 0 Å². The zero-order chi connectivity index (χ0) is 23.5. The molecule has 1 unspecified atom stereocenters. The Bertz CT molecular complexity index is 1320. The number of aromatic nitrogens is 1. The average molecular weight is 647 g/mol. The van der Waals surface area contributed by atoms with Gasteiger partial charge in [-0.25, -0.2) is 8.78 Å². The van der Waals surface area contributed by atoms with Crippen molar-refractivity contribution in [1.29, 1.82) is 0 Å². The number of rotatable bonds is 2. The number of hydrogen-bond donors (Lipinski definition) is 0. The van der Waals surface area contributed by atoms with Crippen molar-refractivity contribution in [3.63, 3.8) is 0 Å². The van der Waals surface area contributed by atoms with Crippen LogP contribution in [0, 0.1) is 29.6 Å². The number of hydrogen-bond acceptors (Lipinski definition) is 2. The SMILES string of the molecule is Fc1[c-]c(-c2cc(-c3ccccc3)ccn2)cc(F)c1F.[Ir+3].[c-]1cccc2c1C1[N-]C=CN1CC2. The first-order valence-corrected chi connectivity index (χ1v) is 10.8. The van der Waals surface area contributed by atoms with Crippen molar-refractivity contribution in [1.82, 2.24) is 9.88 Å². The van der Waals surface area contributed by atoms with Crippen LogP contribution in [0.1, 0.15) is 17.3 Å². The van der Waals surface area contributed by atoms with Gasteiger partial charge in [0.25, 0.3) is 0 Å². The van der Waals surface area contributed by atoms with E-state index in [0.717, 1.165) is 30.2 Å². The van der Waals surface area contributed by atoms with Crippen molar-refractivity contribution < 1.29 is 33.3 Å². The van der Waals surface area contributed by atoms with E-state index in [1.807, 2.05) is 42.6 Å². The normalized spacial score (nSPS) is 15.2. The molecule has 0 bridgehead atoms. The number of nitrogens with zero attached hydrogens (tertiary/aromatic N) is 3. The second-order valence-electron chi connectivity index (χ2n) is 7.87. The topological polar surface area (TPSA) is 30.2 Å². The quantitative estimate of drug-likeness (QED) is 0.177. The minimum Gasteiger partial charge on any atom is -0.668 e. The maximum atomic E-state index is 13.3. The number of pyridine rings is 1. The number of fused-ring (bicyclic) bond motifs is 3. The Morgan fingerprint density at radius 2 is 1.80 bits per heavy atom. The Balaban J connectivity index is 0.000000177. The Morgan fingerprint density at radius 1 is 0.971 bits per heavy atom. The van der Waals surface area contributed by atoms with Gasteiger partial charge in [0, 0.05) is 12.7 Å². The van der Waals surface area contributed by atoms with Crippen LogP contribution in [0.5, 0.6) is 0 Å². The molecule has 3 nitrogen and oxygen atoms in total. The molecule has 2 aliphatic heterocycles. The zero-order valence-electron chi connectivity index (χ0n) is 18.4. The third kappa shape index (κ3) is 5.31. The summed E-state index contributed by atoms with van der Waals surface area (Å²) in [4.78, 5) is 6.32. The fourth-order valence-corrected chi connectivity index (χ4v) is 4.03. The van der Waals surface area contributed by atoms with Crippen LogP contribution >= 0.6 is 0 Å².